The number of nitrogens with zero attached hydrogens (tertiary/aromatic N) is 1. The highest BCUT2D eigenvalue weighted by Gasteiger charge is 2.46. The van der Waals surface area contributed by atoms with Gasteiger partial charge < -0.3 is 10.0 Å². The van der Waals surface area contributed by atoms with Gasteiger partial charge in [-0.3, -0.25) is 4.79 Å². The molecule has 100 valence electrons. The van der Waals surface area contributed by atoms with E-state index >= 15 is 0 Å². The third-order valence-electron chi connectivity index (χ3n) is 4.09. The molecule has 1 aliphatic rings. The van der Waals surface area contributed by atoms with E-state index in [4.69, 9.17) is 0 Å². The van der Waals surface area contributed by atoms with Crippen molar-refractivity contribution in [2.45, 2.75) is 47.5 Å². The second kappa shape index (κ2) is 4.97. The monoisotopic (exact) mass is 241 g/mol. The molecular weight excluding hydrogens is 214 g/mol. The molecular formula is C14H27NO2. The zero-order valence-corrected chi connectivity index (χ0v) is 11.9. The lowest BCUT2D eigenvalue weighted by Crippen LogP contribution is -2.39. The standard InChI is InChI=1S/C14H27NO2/c1-11(2)14(12(16)17)7-9-15(10-14)8-6-13(3,4)5/h11H,6-10H2,1-5H3,(H,16,17). The molecule has 0 spiro atoms. The molecule has 1 heterocycles. The topological polar surface area (TPSA) is 40.5 Å². The van der Waals surface area contributed by atoms with Crippen molar-refractivity contribution in [1.82, 2.24) is 4.90 Å². The van der Waals surface area contributed by atoms with Gasteiger partial charge in [0.15, 0.2) is 0 Å². The van der Waals surface area contributed by atoms with Crippen molar-refractivity contribution >= 4 is 5.97 Å². The fourth-order valence-corrected chi connectivity index (χ4v) is 2.49. The highest BCUT2D eigenvalue weighted by Crippen LogP contribution is 2.38. The van der Waals surface area contributed by atoms with Crippen LogP contribution in [0.2, 0.25) is 0 Å². The lowest BCUT2D eigenvalue weighted by atomic mass is 9.76. The van der Waals surface area contributed by atoms with Crippen LogP contribution in [-0.2, 0) is 4.79 Å². The molecule has 1 rings (SSSR count). The minimum Gasteiger partial charge on any atom is -0.481 e. The van der Waals surface area contributed by atoms with Crippen LogP contribution in [0.1, 0.15) is 47.5 Å². The van der Waals surface area contributed by atoms with Crippen molar-refractivity contribution in [3.05, 3.63) is 0 Å². The highest BCUT2D eigenvalue weighted by molar-refractivity contribution is 5.75. The van der Waals surface area contributed by atoms with E-state index in [1.165, 1.54) is 0 Å². The van der Waals surface area contributed by atoms with Gasteiger partial charge >= 0.3 is 5.97 Å². The first-order chi connectivity index (χ1) is 7.67. The number of hydrogen-bond acceptors (Lipinski definition) is 2. The van der Waals surface area contributed by atoms with E-state index in [0.717, 1.165) is 32.5 Å². The lowest BCUT2D eigenvalue weighted by molar-refractivity contribution is -0.151. The molecule has 0 amide bonds. The molecule has 3 nitrogen and oxygen atoms in total. The summed E-state index contributed by atoms with van der Waals surface area (Å²) in [6, 6.07) is 0. The van der Waals surface area contributed by atoms with Gasteiger partial charge in [0.2, 0.25) is 0 Å². The first kappa shape index (κ1) is 14.5. The first-order valence-electron chi connectivity index (χ1n) is 6.63. The van der Waals surface area contributed by atoms with Gasteiger partial charge in [-0.1, -0.05) is 34.6 Å². The Kier molecular flexibility index (Phi) is 4.23. The zero-order chi connectivity index (χ0) is 13.3. The van der Waals surface area contributed by atoms with Crippen molar-refractivity contribution in [3.63, 3.8) is 0 Å². The number of carbonyl (C=O) groups is 1. The molecule has 1 saturated heterocycles. The Hall–Kier alpha value is -0.570. The van der Waals surface area contributed by atoms with E-state index in [0.29, 0.717) is 5.41 Å². The van der Waals surface area contributed by atoms with Crippen LogP contribution < -0.4 is 0 Å². The Morgan fingerprint density at radius 2 is 2.00 bits per heavy atom. The molecule has 0 bridgehead atoms. The molecule has 17 heavy (non-hydrogen) atoms. The third-order valence-corrected chi connectivity index (χ3v) is 4.09. The number of likely N-dealkylation sites (tertiary alicyclic amines) is 1. The molecule has 0 aromatic carbocycles. The van der Waals surface area contributed by atoms with Gasteiger partial charge in [0.25, 0.3) is 0 Å². The van der Waals surface area contributed by atoms with Crippen molar-refractivity contribution in [2.24, 2.45) is 16.7 Å². The Morgan fingerprint density at radius 3 is 2.35 bits per heavy atom. The smallest absolute Gasteiger partial charge is 0.311 e. The van der Waals surface area contributed by atoms with Crippen LogP contribution in [0.5, 0.6) is 0 Å². The van der Waals surface area contributed by atoms with Gasteiger partial charge in [-0.05, 0) is 37.3 Å². The van der Waals surface area contributed by atoms with Crippen molar-refractivity contribution in [2.75, 3.05) is 19.6 Å². The second-order valence-electron chi connectivity index (χ2n) is 6.95. The van der Waals surface area contributed by atoms with E-state index in [1.807, 2.05) is 13.8 Å². The highest BCUT2D eigenvalue weighted by atomic mass is 16.4. The molecule has 0 aromatic heterocycles. The minimum absolute atomic E-state index is 0.208. The molecule has 0 saturated carbocycles. The SMILES string of the molecule is CC(C)C1(C(=O)O)CCN(CCC(C)(C)C)C1. The largest absolute Gasteiger partial charge is 0.481 e. The summed E-state index contributed by atoms with van der Waals surface area (Å²) in [6.07, 6.45) is 1.92. The van der Waals surface area contributed by atoms with Crippen LogP contribution in [0.4, 0.5) is 0 Å². The normalized spacial score (nSPS) is 26.7. The fraction of sp³-hybridized carbons (Fsp3) is 0.929. The third kappa shape index (κ3) is 3.44. The van der Waals surface area contributed by atoms with E-state index in [2.05, 4.69) is 25.7 Å². The summed E-state index contributed by atoms with van der Waals surface area (Å²) in [5.41, 5.74) is -0.190. The summed E-state index contributed by atoms with van der Waals surface area (Å²) in [7, 11) is 0. The number of carboxylic acid groups (broad SMARTS) is 1. The predicted octanol–water partition coefficient (Wildman–Crippen LogP) is 2.86. The number of hydrogen-bond donors (Lipinski definition) is 1. The van der Waals surface area contributed by atoms with Crippen LogP contribution in [0.3, 0.4) is 0 Å². The summed E-state index contributed by atoms with van der Waals surface area (Å²) in [4.78, 5) is 13.8. The van der Waals surface area contributed by atoms with Crippen LogP contribution in [0.15, 0.2) is 0 Å². The van der Waals surface area contributed by atoms with Crippen molar-refractivity contribution in [1.29, 1.82) is 0 Å². The summed E-state index contributed by atoms with van der Waals surface area (Å²) in [5, 5.41) is 9.45. The maximum absolute atomic E-state index is 11.5. The van der Waals surface area contributed by atoms with Gasteiger partial charge in [-0.2, -0.15) is 0 Å². The summed E-state index contributed by atoms with van der Waals surface area (Å²) in [5.74, 6) is -0.412. The summed E-state index contributed by atoms with van der Waals surface area (Å²) in [6.45, 7) is 13.4. The number of rotatable bonds is 4. The Labute approximate surface area is 105 Å². The van der Waals surface area contributed by atoms with Crippen LogP contribution >= 0.6 is 0 Å². The molecule has 0 aromatic rings. The molecule has 0 aliphatic carbocycles. The Bertz CT molecular complexity index is 280. The van der Waals surface area contributed by atoms with Gasteiger partial charge in [0, 0.05) is 6.54 Å². The summed E-state index contributed by atoms with van der Waals surface area (Å²) >= 11 is 0. The van der Waals surface area contributed by atoms with E-state index in [1.54, 1.807) is 0 Å². The van der Waals surface area contributed by atoms with Gasteiger partial charge in [0.1, 0.15) is 0 Å². The quantitative estimate of drug-likeness (QED) is 0.822. The number of aliphatic carboxylic acids is 1. The molecule has 1 fully saturated rings. The van der Waals surface area contributed by atoms with E-state index < -0.39 is 11.4 Å². The van der Waals surface area contributed by atoms with Crippen LogP contribution in [0.25, 0.3) is 0 Å². The van der Waals surface area contributed by atoms with Crippen molar-refractivity contribution < 1.29 is 9.90 Å². The molecule has 1 atom stereocenters. The minimum atomic E-state index is -0.620. The second-order valence-corrected chi connectivity index (χ2v) is 6.95. The predicted molar refractivity (Wildman–Crippen MR) is 70.0 cm³/mol. The zero-order valence-electron chi connectivity index (χ0n) is 11.9. The number of carboxylic acids is 1. The fourth-order valence-electron chi connectivity index (χ4n) is 2.49. The Morgan fingerprint density at radius 1 is 1.41 bits per heavy atom. The Balaban J connectivity index is 2.59. The molecule has 1 N–H and O–H groups in total. The average Bonchev–Trinajstić information content (AvgIpc) is 2.58. The van der Waals surface area contributed by atoms with E-state index in [-0.39, 0.29) is 5.92 Å². The lowest BCUT2D eigenvalue weighted by Gasteiger charge is -2.29. The molecule has 1 unspecified atom stereocenters. The maximum Gasteiger partial charge on any atom is 0.311 e. The average molecular weight is 241 g/mol. The van der Waals surface area contributed by atoms with Crippen molar-refractivity contribution in [3.8, 4) is 0 Å². The maximum atomic E-state index is 11.5. The van der Waals surface area contributed by atoms with Gasteiger partial charge in [-0.15, -0.1) is 0 Å². The summed E-state index contributed by atoms with van der Waals surface area (Å²) < 4.78 is 0. The van der Waals surface area contributed by atoms with Crippen LogP contribution in [-0.4, -0.2) is 35.6 Å². The first-order valence-corrected chi connectivity index (χ1v) is 6.63. The van der Waals surface area contributed by atoms with Gasteiger partial charge in [-0.25, -0.2) is 0 Å². The van der Waals surface area contributed by atoms with Gasteiger partial charge in [0.05, 0.1) is 5.41 Å². The molecule has 0 radical (unpaired) electrons. The van der Waals surface area contributed by atoms with E-state index in [9.17, 15) is 9.90 Å². The molecule has 3 heteroatoms. The van der Waals surface area contributed by atoms with Crippen LogP contribution in [0, 0.1) is 16.7 Å². The molecule has 1 aliphatic heterocycles.